The Morgan fingerprint density at radius 3 is 2.79 bits per heavy atom. The fourth-order valence-electron chi connectivity index (χ4n) is 0.971. The molecule has 0 bridgehead atoms. The van der Waals surface area contributed by atoms with Crippen LogP contribution in [0.15, 0.2) is 11.8 Å². The number of aryl methyl sites for hydroxylation is 1. The number of nitriles is 1. The van der Waals surface area contributed by atoms with Gasteiger partial charge in [-0.25, -0.2) is 0 Å². The van der Waals surface area contributed by atoms with E-state index in [-0.39, 0.29) is 5.57 Å². The van der Waals surface area contributed by atoms with Gasteiger partial charge in [0.1, 0.15) is 11.6 Å². The molecule has 0 unspecified atom stereocenters. The van der Waals surface area contributed by atoms with E-state index in [0.717, 1.165) is 11.3 Å². The smallest absolute Gasteiger partial charge is 0.259 e. The number of primary amides is 1. The number of carbonyl (C=O) groups excluding carboxylic acids is 1. The molecule has 0 radical (unpaired) electrons. The second-order valence-corrected chi connectivity index (χ2v) is 2.84. The molecule has 1 aromatic rings. The summed E-state index contributed by atoms with van der Waals surface area (Å²) in [6, 6.07) is 1.74. The van der Waals surface area contributed by atoms with Gasteiger partial charge in [0.2, 0.25) is 0 Å². The molecule has 0 saturated carbocycles. The van der Waals surface area contributed by atoms with Crippen LogP contribution >= 0.6 is 0 Å². The highest BCUT2D eigenvalue weighted by molar-refractivity contribution is 6.00. The molecule has 0 fully saturated rings. The maximum Gasteiger partial charge on any atom is 0.259 e. The maximum absolute atomic E-state index is 10.8. The standard InChI is InChI=1S/C9H10N4O/c1-6-8(5-12-13(6)2)3-7(4-10)9(11)14/h3,5H,1-2H3,(H2,11,14). The molecule has 1 aromatic heterocycles. The Kier molecular flexibility index (Phi) is 2.67. The topological polar surface area (TPSA) is 84.7 Å². The van der Waals surface area contributed by atoms with Crippen LogP contribution in [-0.4, -0.2) is 15.7 Å². The van der Waals surface area contributed by atoms with Crippen molar-refractivity contribution in [3.63, 3.8) is 0 Å². The quantitative estimate of drug-likeness (QED) is 0.531. The molecule has 1 amide bonds. The maximum atomic E-state index is 10.8. The highest BCUT2D eigenvalue weighted by Crippen LogP contribution is 2.10. The number of aromatic nitrogens is 2. The predicted octanol–water partition coefficient (Wildman–Crippen LogP) is 0.121. The molecule has 1 rings (SSSR count). The first kappa shape index (κ1) is 9.99. The van der Waals surface area contributed by atoms with E-state index >= 15 is 0 Å². The second kappa shape index (κ2) is 3.75. The SMILES string of the molecule is Cc1c(C=C(C#N)C(N)=O)cnn1C. The lowest BCUT2D eigenvalue weighted by atomic mass is 10.1. The van der Waals surface area contributed by atoms with Gasteiger partial charge in [0, 0.05) is 18.3 Å². The van der Waals surface area contributed by atoms with Crippen LogP contribution in [0.2, 0.25) is 0 Å². The average Bonchev–Trinajstić information content (AvgIpc) is 2.44. The number of hydrogen-bond donors (Lipinski definition) is 1. The van der Waals surface area contributed by atoms with Crippen LogP contribution < -0.4 is 5.73 Å². The highest BCUT2D eigenvalue weighted by Gasteiger charge is 2.06. The third-order valence-corrected chi connectivity index (χ3v) is 1.96. The number of hydrogen-bond acceptors (Lipinski definition) is 3. The molecule has 14 heavy (non-hydrogen) atoms. The van der Waals surface area contributed by atoms with Crippen LogP contribution in [0, 0.1) is 18.3 Å². The average molecular weight is 190 g/mol. The fourth-order valence-corrected chi connectivity index (χ4v) is 0.971. The van der Waals surface area contributed by atoms with E-state index in [1.54, 1.807) is 24.0 Å². The zero-order valence-electron chi connectivity index (χ0n) is 7.98. The van der Waals surface area contributed by atoms with Gasteiger partial charge in [0.15, 0.2) is 0 Å². The normalized spacial score (nSPS) is 11.1. The van der Waals surface area contributed by atoms with Crippen molar-refractivity contribution in [2.75, 3.05) is 0 Å². The van der Waals surface area contributed by atoms with E-state index in [1.807, 2.05) is 6.92 Å². The minimum atomic E-state index is -0.726. The molecule has 0 aromatic carbocycles. The molecule has 0 saturated heterocycles. The molecular formula is C9H10N4O. The zero-order valence-corrected chi connectivity index (χ0v) is 7.98. The molecule has 0 aliphatic carbocycles. The Bertz CT molecular complexity index is 436. The summed E-state index contributed by atoms with van der Waals surface area (Å²) in [7, 11) is 1.78. The molecule has 0 atom stereocenters. The first-order valence-electron chi connectivity index (χ1n) is 3.96. The minimum absolute atomic E-state index is 0.0684. The van der Waals surface area contributed by atoms with Crippen molar-refractivity contribution in [2.45, 2.75) is 6.92 Å². The van der Waals surface area contributed by atoms with Crippen LogP contribution in [0.5, 0.6) is 0 Å². The van der Waals surface area contributed by atoms with E-state index in [0.29, 0.717) is 0 Å². The molecule has 0 aliphatic rings. The molecule has 72 valence electrons. The number of nitrogens with zero attached hydrogens (tertiary/aromatic N) is 3. The van der Waals surface area contributed by atoms with Crippen molar-refractivity contribution in [3.8, 4) is 6.07 Å². The van der Waals surface area contributed by atoms with E-state index < -0.39 is 5.91 Å². The van der Waals surface area contributed by atoms with E-state index in [4.69, 9.17) is 11.0 Å². The Morgan fingerprint density at radius 1 is 1.79 bits per heavy atom. The van der Waals surface area contributed by atoms with Gasteiger partial charge in [-0.05, 0) is 13.0 Å². The number of amides is 1. The van der Waals surface area contributed by atoms with Gasteiger partial charge in [-0.15, -0.1) is 0 Å². The summed E-state index contributed by atoms with van der Waals surface area (Å²) in [6.45, 7) is 1.84. The first-order valence-corrected chi connectivity index (χ1v) is 3.96. The van der Waals surface area contributed by atoms with Crippen molar-refractivity contribution in [1.82, 2.24) is 9.78 Å². The van der Waals surface area contributed by atoms with Crippen molar-refractivity contribution < 1.29 is 4.79 Å². The molecule has 5 heteroatoms. The molecule has 5 nitrogen and oxygen atoms in total. The summed E-state index contributed by atoms with van der Waals surface area (Å²) in [5.74, 6) is -0.726. The first-order chi connectivity index (χ1) is 6.56. The lowest BCUT2D eigenvalue weighted by Gasteiger charge is -1.94. The molecule has 1 heterocycles. The summed E-state index contributed by atoms with van der Waals surface area (Å²) in [4.78, 5) is 10.8. The molecule has 0 aliphatic heterocycles. The van der Waals surface area contributed by atoms with Gasteiger partial charge in [0.05, 0.1) is 6.20 Å². The lowest BCUT2D eigenvalue weighted by molar-refractivity contribution is -0.114. The third kappa shape index (κ3) is 1.80. The van der Waals surface area contributed by atoms with Gasteiger partial charge in [-0.3, -0.25) is 9.48 Å². The molecule has 2 N–H and O–H groups in total. The molecular weight excluding hydrogens is 180 g/mol. The summed E-state index contributed by atoms with van der Waals surface area (Å²) in [6.07, 6.45) is 3.01. The van der Waals surface area contributed by atoms with Crippen LogP contribution in [0.1, 0.15) is 11.3 Å². The van der Waals surface area contributed by atoms with Gasteiger partial charge >= 0.3 is 0 Å². The van der Waals surface area contributed by atoms with Crippen molar-refractivity contribution in [1.29, 1.82) is 5.26 Å². The molecule has 0 spiro atoms. The van der Waals surface area contributed by atoms with Gasteiger partial charge in [-0.1, -0.05) is 0 Å². The fraction of sp³-hybridized carbons (Fsp3) is 0.222. The Labute approximate surface area is 81.4 Å². The van der Waals surface area contributed by atoms with E-state index in [2.05, 4.69) is 5.10 Å². The Hall–Kier alpha value is -2.09. The van der Waals surface area contributed by atoms with Crippen LogP contribution in [0.4, 0.5) is 0 Å². The predicted molar refractivity (Wildman–Crippen MR) is 50.7 cm³/mol. The number of rotatable bonds is 2. The van der Waals surface area contributed by atoms with Crippen LogP contribution in [0.25, 0.3) is 6.08 Å². The van der Waals surface area contributed by atoms with Crippen molar-refractivity contribution in [3.05, 3.63) is 23.0 Å². The summed E-state index contributed by atoms with van der Waals surface area (Å²) >= 11 is 0. The lowest BCUT2D eigenvalue weighted by Crippen LogP contribution is -2.12. The Balaban J connectivity index is 3.15. The van der Waals surface area contributed by atoms with Crippen LogP contribution in [-0.2, 0) is 11.8 Å². The van der Waals surface area contributed by atoms with Crippen molar-refractivity contribution >= 4 is 12.0 Å². The van der Waals surface area contributed by atoms with Gasteiger partial charge in [-0.2, -0.15) is 10.4 Å². The largest absolute Gasteiger partial charge is 0.365 e. The van der Waals surface area contributed by atoms with Crippen LogP contribution in [0.3, 0.4) is 0 Å². The summed E-state index contributed by atoms with van der Waals surface area (Å²) < 4.78 is 1.65. The minimum Gasteiger partial charge on any atom is -0.365 e. The summed E-state index contributed by atoms with van der Waals surface area (Å²) in [5, 5.41) is 12.6. The van der Waals surface area contributed by atoms with E-state index in [1.165, 1.54) is 6.08 Å². The van der Waals surface area contributed by atoms with Gasteiger partial charge in [0.25, 0.3) is 5.91 Å². The number of nitrogens with two attached hydrogens (primary N) is 1. The number of carbonyl (C=O) groups is 1. The third-order valence-electron chi connectivity index (χ3n) is 1.96. The van der Waals surface area contributed by atoms with Gasteiger partial charge < -0.3 is 5.73 Å². The van der Waals surface area contributed by atoms with E-state index in [9.17, 15) is 4.79 Å². The Morgan fingerprint density at radius 2 is 2.43 bits per heavy atom. The second-order valence-electron chi connectivity index (χ2n) is 2.84. The monoisotopic (exact) mass is 190 g/mol. The zero-order chi connectivity index (χ0) is 10.7. The van der Waals surface area contributed by atoms with Crippen molar-refractivity contribution in [2.24, 2.45) is 12.8 Å². The highest BCUT2D eigenvalue weighted by atomic mass is 16.1. The summed E-state index contributed by atoms with van der Waals surface area (Å²) in [5.41, 5.74) is 6.53.